The van der Waals surface area contributed by atoms with Crippen molar-refractivity contribution in [1.82, 2.24) is 15.5 Å². The Morgan fingerprint density at radius 1 is 1.20 bits per heavy atom. The van der Waals surface area contributed by atoms with Crippen molar-refractivity contribution in [2.24, 2.45) is 11.7 Å². The van der Waals surface area contributed by atoms with Crippen molar-refractivity contribution in [3.8, 4) is 0 Å². The standard InChI is InChI=1S/C15H14N4O4S2/c16-13(20)10-8-12(25(22,23)9-4-2-1-3-5-9)24-15(10)18-14(21)11-6-7-17-19-11/h1-8,10,15H,(H2,16,20)(H,17,19)(H,18,21). The molecule has 0 saturated carbocycles. The number of carbonyl (C=O) groups is 2. The zero-order chi connectivity index (χ0) is 18.0. The number of thioether (sulfide) groups is 1. The Hall–Kier alpha value is -2.59. The third-order valence-corrected chi connectivity index (χ3v) is 7.08. The minimum Gasteiger partial charge on any atom is -0.369 e. The lowest BCUT2D eigenvalue weighted by Crippen LogP contribution is -2.41. The van der Waals surface area contributed by atoms with Crippen LogP contribution in [0.4, 0.5) is 0 Å². The Bertz CT molecular complexity index is 924. The molecule has 1 aliphatic heterocycles. The van der Waals surface area contributed by atoms with Crippen molar-refractivity contribution >= 4 is 33.4 Å². The molecule has 2 amide bonds. The molecule has 8 nitrogen and oxygen atoms in total. The van der Waals surface area contributed by atoms with Crippen molar-refractivity contribution in [1.29, 1.82) is 0 Å². The second-order valence-electron chi connectivity index (χ2n) is 5.20. The van der Waals surface area contributed by atoms with Crippen molar-refractivity contribution < 1.29 is 18.0 Å². The van der Waals surface area contributed by atoms with Gasteiger partial charge in [-0.25, -0.2) is 8.42 Å². The highest BCUT2D eigenvalue weighted by Crippen LogP contribution is 2.40. The number of hydrogen-bond acceptors (Lipinski definition) is 6. The van der Waals surface area contributed by atoms with E-state index in [1.807, 2.05) is 0 Å². The van der Waals surface area contributed by atoms with Crippen LogP contribution in [0.2, 0.25) is 0 Å². The molecular formula is C15H14N4O4S2. The van der Waals surface area contributed by atoms with Gasteiger partial charge in [-0.2, -0.15) is 5.10 Å². The topological polar surface area (TPSA) is 135 Å². The third kappa shape index (κ3) is 3.44. The maximum Gasteiger partial charge on any atom is 0.272 e. The van der Waals surface area contributed by atoms with Gasteiger partial charge in [-0.15, -0.1) is 0 Å². The van der Waals surface area contributed by atoms with Gasteiger partial charge < -0.3 is 11.1 Å². The number of aromatic nitrogens is 2. The van der Waals surface area contributed by atoms with Gasteiger partial charge in [-0.1, -0.05) is 30.0 Å². The van der Waals surface area contributed by atoms with Gasteiger partial charge in [0.25, 0.3) is 5.91 Å². The highest BCUT2D eigenvalue weighted by Gasteiger charge is 2.39. The maximum absolute atomic E-state index is 12.7. The Morgan fingerprint density at radius 3 is 2.52 bits per heavy atom. The second kappa shape index (κ2) is 6.73. The van der Waals surface area contributed by atoms with Gasteiger partial charge >= 0.3 is 0 Å². The number of nitrogens with one attached hydrogen (secondary N) is 2. The van der Waals surface area contributed by atoms with Crippen LogP contribution in [0.1, 0.15) is 10.5 Å². The van der Waals surface area contributed by atoms with E-state index in [2.05, 4.69) is 15.5 Å². The van der Waals surface area contributed by atoms with Gasteiger partial charge in [-0.05, 0) is 24.3 Å². The molecule has 0 spiro atoms. The summed E-state index contributed by atoms with van der Waals surface area (Å²) in [5.41, 5.74) is 5.49. The SMILES string of the molecule is NC(=O)C1C=C(S(=O)(=O)c2ccccc2)SC1NC(=O)c1cc[nH]n1. The van der Waals surface area contributed by atoms with Gasteiger partial charge in [0.2, 0.25) is 15.7 Å². The normalized spacial score (nSPS) is 20.1. The molecule has 3 rings (SSSR count). The highest BCUT2D eigenvalue weighted by molar-refractivity contribution is 8.19. The summed E-state index contributed by atoms with van der Waals surface area (Å²) in [4.78, 5) is 23.9. The number of rotatable bonds is 5. The Labute approximate surface area is 147 Å². The van der Waals surface area contributed by atoms with E-state index in [0.29, 0.717) is 0 Å². The number of hydrogen-bond donors (Lipinski definition) is 3. The van der Waals surface area contributed by atoms with E-state index in [1.165, 1.54) is 30.5 Å². The van der Waals surface area contributed by atoms with E-state index in [1.54, 1.807) is 18.2 Å². The summed E-state index contributed by atoms with van der Waals surface area (Å²) in [5, 5.41) is 8.02. The number of carbonyl (C=O) groups excluding carboxylic acids is 2. The lowest BCUT2D eigenvalue weighted by Gasteiger charge is -2.16. The van der Waals surface area contributed by atoms with E-state index in [0.717, 1.165) is 11.8 Å². The zero-order valence-electron chi connectivity index (χ0n) is 12.7. The molecule has 4 N–H and O–H groups in total. The summed E-state index contributed by atoms with van der Waals surface area (Å²) in [6, 6.07) is 9.31. The first-order valence-corrected chi connectivity index (χ1v) is 9.54. The number of benzene rings is 1. The Morgan fingerprint density at radius 2 is 1.92 bits per heavy atom. The van der Waals surface area contributed by atoms with Crippen molar-refractivity contribution in [3.05, 3.63) is 58.6 Å². The Balaban J connectivity index is 1.85. The number of amides is 2. The van der Waals surface area contributed by atoms with Crippen LogP contribution in [-0.2, 0) is 14.6 Å². The predicted molar refractivity (Wildman–Crippen MR) is 91.8 cm³/mol. The van der Waals surface area contributed by atoms with Crippen LogP contribution in [0.5, 0.6) is 0 Å². The summed E-state index contributed by atoms with van der Waals surface area (Å²) < 4.78 is 25.4. The largest absolute Gasteiger partial charge is 0.369 e. The van der Waals surface area contributed by atoms with Gasteiger partial charge in [0.1, 0.15) is 9.93 Å². The fourth-order valence-electron chi connectivity index (χ4n) is 2.28. The van der Waals surface area contributed by atoms with Gasteiger partial charge in [0.05, 0.1) is 16.2 Å². The predicted octanol–water partition coefficient (Wildman–Crippen LogP) is 0.629. The van der Waals surface area contributed by atoms with E-state index in [4.69, 9.17) is 5.73 Å². The van der Waals surface area contributed by atoms with Crippen LogP contribution in [-0.4, -0.2) is 35.8 Å². The van der Waals surface area contributed by atoms with Crippen molar-refractivity contribution in [3.63, 3.8) is 0 Å². The molecule has 10 heteroatoms. The fourth-order valence-corrected chi connectivity index (χ4v) is 5.46. The van der Waals surface area contributed by atoms with E-state index < -0.39 is 32.9 Å². The summed E-state index contributed by atoms with van der Waals surface area (Å²) in [5.74, 6) is -2.20. The van der Waals surface area contributed by atoms with Gasteiger partial charge in [0, 0.05) is 6.20 Å². The summed E-state index contributed by atoms with van der Waals surface area (Å²) in [7, 11) is -3.78. The molecule has 2 unspecified atom stereocenters. The maximum atomic E-state index is 12.7. The lowest BCUT2D eigenvalue weighted by atomic mass is 10.1. The molecule has 1 aromatic carbocycles. The smallest absolute Gasteiger partial charge is 0.272 e. The molecular weight excluding hydrogens is 364 g/mol. The van der Waals surface area contributed by atoms with Crippen molar-refractivity contribution in [2.75, 3.05) is 0 Å². The zero-order valence-corrected chi connectivity index (χ0v) is 14.4. The lowest BCUT2D eigenvalue weighted by molar-refractivity contribution is -0.120. The van der Waals surface area contributed by atoms with Crippen LogP contribution in [0, 0.1) is 5.92 Å². The summed E-state index contributed by atoms with van der Waals surface area (Å²) >= 11 is 0.877. The minimum atomic E-state index is -3.78. The number of nitrogens with two attached hydrogens (primary N) is 1. The van der Waals surface area contributed by atoms with Crippen LogP contribution >= 0.6 is 11.8 Å². The van der Waals surface area contributed by atoms with Crippen molar-refractivity contribution in [2.45, 2.75) is 10.3 Å². The van der Waals surface area contributed by atoms with Crippen LogP contribution in [0.3, 0.4) is 0 Å². The first-order valence-electron chi connectivity index (χ1n) is 7.18. The number of aromatic amines is 1. The molecule has 2 aromatic rings. The molecule has 130 valence electrons. The number of primary amides is 1. The molecule has 2 atom stereocenters. The van der Waals surface area contributed by atoms with E-state index in [-0.39, 0.29) is 14.8 Å². The number of nitrogens with zero attached hydrogens (tertiary/aromatic N) is 1. The third-order valence-electron chi connectivity index (χ3n) is 3.54. The molecule has 0 bridgehead atoms. The molecule has 0 aliphatic carbocycles. The molecule has 0 radical (unpaired) electrons. The summed E-state index contributed by atoms with van der Waals surface area (Å²) in [6.07, 6.45) is 2.76. The minimum absolute atomic E-state index is 0.0187. The second-order valence-corrected chi connectivity index (χ2v) is 8.56. The molecule has 2 heterocycles. The average molecular weight is 378 g/mol. The van der Waals surface area contributed by atoms with E-state index >= 15 is 0 Å². The number of H-pyrrole nitrogens is 1. The van der Waals surface area contributed by atoms with E-state index in [9.17, 15) is 18.0 Å². The molecule has 25 heavy (non-hydrogen) atoms. The number of sulfone groups is 1. The molecule has 1 aromatic heterocycles. The monoisotopic (exact) mass is 378 g/mol. The van der Waals surface area contributed by atoms with Gasteiger partial charge in [-0.3, -0.25) is 14.7 Å². The fraction of sp³-hybridized carbons (Fsp3) is 0.133. The first-order chi connectivity index (χ1) is 11.9. The molecule has 0 fully saturated rings. The Kier molecular flexibility index (Phi) is 4.64. The van der Waals surface area contributed by atoms with Crippen LogP contribution in [0.15, 0.2) is 57.8 Å². The molecule has 0 saturated heterocycles. The van der Waals surface area contributed by atoms with Crippen LogP contribution < -0.4 is 11.1 Å². The van der Waals surface area contributed by atoms with Gasteiger partial charge in [0.15, 0.2) is 0 Å². The average Bonchev–Trinajstić information content (AvgIpc) is 3.25. The van der Waals surface area contributed by atoms with Crippen LogP contribution in [0.25, 0.3) is 0 Å². The highest BCUT2D eigenvalue weighted by atomic mass is 32.3. The quantitative estimate of drug-likeness (QED) is 0.698. The first kappa shape index (κ1) is 17.2. The molecule has 1 aliphatic rings. The summed E-state index contributed by atoms with van der Waals surface area (Å²) in [6.45, 7) is 0.